The SMILES string of the molecule is CC(Br)C(=O)Nc1nc2scc(-c3ccc(Cl)cc3)n2n1. The van der Waals surface area contributed by atoms with E-state index in [4.69, 9.17) is 11.6 Å². The number of nitrogens with zero attached hydrogens (tertiary/aromatic N) is 3. The second kappa shape index (κ2) is 5.75. The van der Waals surface area contributed by atoms with Crippen molar-refractivity contribution in [2.75, 3.05) is 5.32 Å². The van der Waals surface area contributed by atoms with Crippen molar-refractivity contribution in [2.24, 2.45) is 0 Å². The lowest BCUT2D eigenvalue weighted by molar-refractivity contribution is -0.115. The molecule has 0 spiro atoms. The van der Waals surface area contributed by atoms with Gasteiger partial charge in [0.1, 0.15) is 0 Å². The van der Waals surface area contributed by atoms with Crippen LogP contribution in [-0.4, -0.2) is 25.3 Å². The normalized spacial score (nSPS) is 12.5. The van der Waals surface area contributed by atoms with Crippen molar-refractivity contribution in [2.45, 2.75) is 11.8 Å². The summed E-state index contributed by atoms with van der Waals surface area (Å²) >= 11 is 10.6. The largest absolute Gasteiger partial charge is 0.292 e. The monoisotopic (exact) mass is 384 g/mol. The summed E-state index contributed by atoms with van der Waals surface area (Å²) in [6.07, 6.45) is 0. The average molecular weight is 386 g/mol. The Kier molecular flexibility index (Phi) is 3.97. The molecular weight excluding hydrogens is 376 g/mol. The van der Waals surface area contributed by atoms with Crippen molar-refractivity contribution in [3.63, 3.8) is 0 Å². The Labute approximate surface area is 138 Å². The zero-order chi connectivity index (χ0) is 15.0. The van der Waals surface area contributed by atoms with Crippen LogP contribution in [0.5, 0.6) is 0 Å². The summed E-state index contributed by atoms with van der Waals surface area (Å²) in [6, 6.07) is 7.49. The van der Waals surface area contributed by atoms with Crippen molar-refractivity contribution < 1.29 is 4.79 Å². The van der Waals surface area contributed by atoms with Crippen LogP contribution in [0.1, 0.15) is 6.92 Å². The molecule has 0 aliphatic carbocycles. The van der Waals surface area contributed by atoms with E-state index in [1.54, 1.807) is 11.4 Å². The molecule has 0 fully saturated rings. The number of hydrogen-bond acceptors (Lipinski definition) is 4. The number of benzene rings is 1. The minimum Gasteiger partial charge on any atom is -0.292 e. The van der Waals surface area contributed by atoms with Gasteiger partial charge in [-0.2, -0.15) is 4.98 Å². The highest BCUT2D eigenvalue weighted by molar-refractivity contribution is 9.10. The number of anilines is 1. The molecule has 3 rings (SSSR count). The molecule has 0 saturated carbocycles. The first-order valence-electron chi connectivity index (χ1n) is 6.10. The van der Waals surface area contributed by atoms with Crippen LogP contribution >= 0.6 is 38.9 Å². The maximum atomic E-state index is 11.6. The Morgan fingerprint density at radius 3 is 2.81 bits per heavy atom. The van der Waals surface area contributed by atoms with Crippen LogP contribution in [-0.2, 0) is 4.79 Å². The molecule has 0 aliphatic rings. The third-order valence-electron chi connectivity index (χ3n) is 2.82. The Bertz CT molecular complexity index is 796. The molecule has 1 atom stereocenters. The molecule has 5 nitrogen and oxygen atoms in total. The molecule has 0 radical (unpaired) electrons. The molecule has 0 bridgehead atoms. The van der Waals surface area contributed by atoms with E-state index < -0.39 is 0 Å². The van der Waals surface area contributed by atoms with Crippen LogP contribution in [0, 0.1) is 0 Å². The number of alkyl halides is 1. The van der Waals surface area contributed by atoms with E-state index in [1.807, 2.05) is 29.6 Å². The van der Waals surface area contributed by atoms with E-state index in [1.165, 1.54) is 11.3 Å². The van der Waals surface area contributed by atoms with Crippen LogP contribution in [0.25, 0.3) is 16.2 Å². The van der Waals surface area contributed by atoms with E-state index in [9.17, 15) is 4.79 Å². The predicted molar refractivity (Wildman–Crippen MR) is 88.3 cm³/mol. The van der Waals surface area contributed by atoms with Gasteiger partial charge in [0.05, 0.1) is 10.5 Å². The first-order valence-corrected chi connectivity index (χ1v) is 8.27. The Morgan fingerprint density at radius 1 is 1.43 bits per heavy atom. The van der Waals surface area contributed by atoms with E-state index in [0.29, 0.717) is 11.0 Å². The molecule has 1 unspecified atom stereocenters. The highest BCUT2D eigenvalue weighted by atomic mass is 79.9. The molecule has 108 valence electrons. The summed E-state index contributed by atoms with van der Waals surface area (Å²) in [7, 11) is 0. The second-order valence-electron chi connectivity index (χ2n) is 4.36. The Hall–Kier alpha value is -1.44. The zero-order valence-corrected chi connectivity index (χ0v) is 14.0. The maximum absolute atomic E-state index is 11.6. The van der Waals surface area contributed by atoms with Crippen molar-refractivity contribution >= 4 is 55.7 Å². The van der Waals surface area contributed by atoms with Crippen LogP contribution in [0.15, 0.2) is 29.6 Å². The van der Waals surface area contributed by atoms with E-state index in [2.05, 4.69) is 31.3 Å². The number of amides is 1. The third kappa shape index (κ3) is 2.95. The highest BCUT2D eigenvalue weighted by Crippen LogP contribution is 2.26. The number of carbonyl (C=O) groups is 1. The van der Waals surface area contributed by atoms with Crippen LogP contribution in [0.3, 0.4) is 0 Å². The highest BCUT2D eigenvalue weighted by Gasteiger charge is 2.15. The van der Waals surface area contributed by atoms with Gasteiger partial charge >= 0.3 is 0 Å². The van der Waals surface area contributed by atoms with Crippen molar-refractivity contribution in [1.29, 1.82) is 0 Å². The van der Waals surface area contributed by atoms with Crippen LogP contribution in [0.4, 0.5) is 5.95 Å². The number of nitrogens with one attached hydrogen (secondary N) is 1. The summed E-state index contributed by atoms with van der Waals surface area (Å²) in [6.45, 7) is 1.74. The number of aromatic nitrogens is 3. The van der Waals surface area contributed by atoms with Gasteiger partial charge in [-0.05, 0) is 19.1 Å². The van der Waals surface area contributed by atoms with Crippen molar-refractivity contribution in [3.8, 4) is 11.3 Å². The topological polar surface area (TPSA) is 59.3 Å². The Balaban J connectivity index is 1.96. The second-order valence-corrected chi connectivity index (χ2v) is 7.01. The van der Waals surface area contributed by atoms with Gasteiger partial charge in [-0.3, -0.25) is 10.1 Å². The molecular formula is C13H10BrClN4OS. The summed E-state index contributed by atoms with van der Waals surface area (Å²) in [5.41, 5.74) is 1.90. The number of hydrogen-bond donors (Lipinski definition) is 1. The summed E-state index contributed by atoms with van der Waals surface area (Å²) in [5.74, 6) is 0.120. The van der Waals surface area contributed by atoms with Gasteiger partial charge in [-0.15, -0.1) is 16.4 Å². The summed E-state index contributed by atoms with van der Waals surface area (Å²) < 4.78 is 1.71. The van der Waals surface area contributed by atoms with Gasteiger partial charge in [0.2, 0.25) is 16.8 Å². The zero-order valence-electron chi connectivity index (χ0n) is 10.9. The molecule has 1 aromatic carbocycles. The van der Waals surface area contributed by atoms with Gasteiger partial charge < -0.3 is 0 Å². The fourth-order valence-electron chi connectivity index (χ4n) is 1.76. The first kappa shape index (κ1) is 14.5. The lowest BCUT2D eigenvalue weighted by Crippen LogP contribution is -2.20. The van der Waals surface area contributed by atoms with Gasteiger partial charge in [0.15, 0.2) is 0 Å². The molecule has 8 heteroatoms. The molecule has 1 amide bonds. The molecule has 0 saturated heterocycles. The van der Waals surface area contributed by atoms with E-state index in [-0.39, 0.29) is 10.7 Å². The van der Waals surface area contributed by atoms with Gasteiger partial charge in [0.25, 0.3) is 0 Å². The Morgan fingerprint density at radius 2 is 2.14 bits per heavy atom. The van der Waals surface area contributed by atoms with Crippen LogP contribution < -0.4 is 5.32 Å². The van der Waals surface area contributed by atoms with E-state index >= 15 is 0 Å². The summed E-state index contributed by atoms with van der Waals surface area (Å²) in [4.78, 5) is 16.4. The number of carbonyl (C=O) groups excluding carboxylic acids is 1. The minimum absolute atomic E-state index is 0.179. The van der Waals surface area contributed by atoms with E-state index in [0.717, 1.165) is 16.2 Å². The molecule has 0 aliphatic heterocycles. The fraction of sp³-hybridized carbons (Fsp3) is 0.154. The van der Waals surface area contributed by atoms with Crippen molar-refractivity contribution in [1.82, 2.24) is 14.6 Å². The number of thiazole rings is 1. The predicted octanol–water partition coefficient (Wildman–Crippen LogP) is 3.83. The molecule has 2 aromatic heterocycles. The van der Waals surface area contributed by atoms with Gasteiger partial charge in [0, 0.05) is 16.0 Å². The van der Waals surface area contributed by atoms with Crippen molar-refractivity contribution in [3.05, 3.63) is 34.7 Å². The summed E-state index contributed by atoms with van der Waals surface area (Å²) in [5, 5.41) is 9.64. The fourth-order valence-corrected chi connectivity index (χ4v) is 2.83. The number of halogens is 2. The lowest BCUT2D eigenvalue weighted by atomic mass is 10.2. The van der Waals surface area contributed by atoms with Crippen LogP contribution in [0.2, 0.25) is 5.02 Å². The molecule has 3 aromatic rings. The maximum Gasteiger partial charge on any atom is 0.250 e. The smallest absolute Gasteiger partial charge is 0.250 e. The quantitative estimate of drug-likeness (QED) is 0.697. The molecule has 1 N–H and O–H groups in total. The minimum atomic E-state index is -0.297. The third-order valence-corrected chi connectivity index (χ3v) is 4.30. The van der Waals surface area contributed by atoms with Gasteiger partial charge in [-0.25, -0.2) is 4.52 Å². The molecule has 2 heterocycles. The lowest BCUT2D eigenvalue weighted by Gasteiger charge is -2.01. The molecule has 21 heavy (non-hydrogen) atoms. The first-order chi connectivity index (χ1) is 10.0. The number of rotatable bonds is 3. The van der Waals surface area contributed by atoms with Gasteiger partial charge in [-0.1, -0.05) is 39.7 Å². The average Bonchev–Trinajstić information content (AvgIpc) is 2.99. The standard InChI is InChI=1S/C13H10BrClN4OS/c1-7(14)11(20)16-12-17-13-19(18-12)10(6-21-13)8-2-4-9(15)5-3-8/h2-7H,1H3,(H,16,18,20). The number of fused-ring (bicyclic) bond motifs is 1.